The number of pyridine rings is 8. The molecule has 0 bridgehead atoms. The van der Waals surface area contributed by atoms with Crippen molar-refractivity contribution < 1.29 is 43.9 Å². The Kier molecular flexibility index (Phi) is 39.0. The molecule has 586 valence electrons. The molecule has 0 unspecified atom stereocenters. The average Bonchev–Trinajstić information content (AvgIpc) is 0.819. The van der Waals surface area contributed by atoms with Crippen LogP contribution in [0.25, 0.3) is 5.57 Å². The predicted octanol–water partition coefficient (Wildman–Crippen LogP) is 27.0. The number of halogens is 11. The lowest BCUT2D eigenvalue weighted by atomic mass is 9.85. The Hall–Kier alpha value is -8.25. The Balaban J connectivity index is 0.000000603. The first kappa shape index (κ1) is 96.8. The van der Waals surface area contributed by atoms with Gasteiger partial charge in [-0.2, -0.15) is 13.2 Å². The van der Waals surface area contributed by atoms with Crippen molar-refractivity contribution >= 4 is 17.2 Å². The average molecular weight is 1510 g/mol. The van der Waals surface area contributed by atoms with Gasteiger partial charge in [-0.05, 0) is 206 Å². The number of aryl methyl sites for hydroxylation is 7. The number of nitrogens with zero attached hydrogens (tertiary/aromatic N) is 8. The minimum Gasteiger partial charge on any atom is -0.261 e. The fourth-order valence-electron chi connectivity index (χ4n) is 10.2. The Bertz CT molecular complexity index is 4060. The van der Waals surface area contributed by atoms with Crippen LogP contribution in [0, 0.1) is 89.2 Å². The van der Waals surface area contributed by atoms with E-state index in [0.717, 1.165) is 63.1 Å². The van der Waals surface area contributed by atoms with E-state index in [1.165, 1.54) is 57.4 Å². The second-order valence-corrected chi connectivity index (χ2v) is 32.5. The van der Waals surface area contributed by atoms with Crippen molar-refractivity contribution in [2.45, 2.75) is 265 Å². The zero-order chi connectivity index (χ0) is 82.8. The van der Waals surface area contributed by atoms with Gasteiger partial charge in [0.25, 0.3) is 0 Å². The number of alkyl halides is 3. The first-order chi connectivity index (χ1) is 48.9. The highest BCUT2D eigenvalue weighted by atomic mass is 35.5. The summed E-state index contributed by atoms with van der Waals surface area (Å²) in [4.78, 5) is 32.5. The van der Waals surface area contributed by atoms with E-state index >= 15 is 0 Å². The third kappa shape index (κ3) is 34.7. The quantitative estimate of drug-likeness (QED) is 0.152. The molecule has 0 N–H and O–H groups in total. The molecule has 0 aliphatic rings. The molecule has 0 radical (unpaired) electrons. The van der Waals surface area contributed by atoms with Gasteiger partial charge in [0.1, 0.15) is 40.7 Å². The minimum atomic E-state index is -4.55. The first-order valence-electron chi connectivity index (χ1n) is 35.8. The number of hydrogen-bond acceptors (Lipinski definition) is 8. The van der Waals surface area contributed by atoms with Gasteiger partial charge in [-0.3, -0.25) is 39.9 Å². The maximum Gasteiger partial charge on any atom is 0.417 e. The highest BCUT2D eigenvalue weighted by molar-refractivity contribution is 6.31. The lowest BCUT2D eigenvalue weighted by molar-refractivity contribution is -0.138. The summed E-state index contributed by atoms with van der Waals surface area (Å²) in [5.74, 6) is -2.06. The van der Waals surface area contributed by atoms with E-state index in [-0.39, 0.29) is 63.0 Å². The number of allylic oxidation sites excluding steroid dienone is 1. The Morgan fingerprint density at radius 3 is 1.19 bits per heavy atom. The van der Waals surface area contributed by atoms with Gasteiger partial charge in [-0.1, -0.05) is 183 Å². The van der Waals surface area contributed by atoms with Crippen LogP contribution in [0.1, 0.15) is 290 Å². The summed E-state index contributed by atoms with van der Waals surface area (Å²) in [5.41, 5.74) is 14.8. The fraction of sp³-hybridized carbons (Fsp3) is 0.455. The maximum atomic E-state index is 13.4. The molecular weight excluding hydrogens is 1390 g/mol. The normalized spacial score (nSPS) is 11.3. The fourth-order valence-corrected chi connectivity index (χ4v) is 10.6. The molecule has 9 aromatic rings. The van der Waals surface area contributed by atoms with E-state index in [2.05, 4.69) is 162 Å². The lowest BCUT2D eigenvalue weighted by Crippen LogP contribution is -2.17. The second kappa shape index (κ2) is 43.1. The van der Waals surface area contributed by atoms with Crippen molar-refractivity contribution in [1.29, 1.82) is 0 Å². The summed E-state index contributed by atoms with van der Waals surface area (Å²) >= 11 is 5.96. The Morgan fingerprint density at radius 1 is 0.364 bits per heavy atom. The maximum absolute atomic E-state index is 13.4. The van der Waals surface area contributed by atoms with Crippen molar-refractivity contribution in [2.75, 3.05) is 0 Å². The van der Waals surface area contributed by atoms with Crippen LogP contribution in [-0.4, -0.2) is 39.9 Å². The second-order valence-electron chi connectivity index (χ2n) is 32.1. The predicted molar refractivity (Wildman–Crippen MR) is 423 cm³/mol. The largest absolute Gasteiger partial charge is 0.417 e. The number of rotatable bonds is 6. The van der Waals surface area contributed by atoms with Crippen LogP contribution in [0.3, 0.4) is 0 Å². The van der Waals surface area contributed by atoms with Crippen LogP contribution in [-0.2, 0) is 27.8 Å². The zero-order valence-corrected chi connectivity index (χ0v) is 69.6. The third-order valence-electron chi connectivity index (χ3n) is 15.6. The first-order valence-corrected chi connectivity index (χ1v) is 36.1. The van der Waals surface area contributed by atoms with E-state index in [1.54, 1.807) is 33.2 Å². The van der Waals surface area contributed by atoms with Gasteiger partial charge in [0, 0.05) is 77.4 Å². The van der Waals surface area contributed by atoms with Gasteiger partial charge in [0.15, 0.2) is 0 Å². The molecule has 0 aliphatic carbocycles. The summed E-state index contributed by atoms with van der Waals surface area (Å²) in [6.45, 7) is 63.5. The monoisotopic (exact) mass is 1510 g/mol. The molecule has 8 aromatic heterocycles. The molecule has 9 rings (SSSR count). The summed E-state index contributed by atoms with van der Waals surface area (Å²) < 4.78 is 127. The third-order valence-corrected chi connectivity index (χ3v) is 15.9. The Labute approximate surface area is 638 Å². The van der Waals surface area contributed by atoms with E-state index in [9.17, 15) is 43.9 Å². The summed E-state index contributed by atoms with van der Waals surface area (Å²) in [7, 11) is 0. The molecule has 0 spiro atoms. The van der Waals surface area contributed by atoms with Gasteiger partial charge in [0.05, 0.1) is 45.3 Å². The molecule has 107 heavy (non-hydrogen) atoms. The Morgan fingerprint density at radius 2 is 0.804 bits per heavy atom. The van der Waals surface area contributed by atoms with Crippen LogP contribution in [0.4, 0.5) is 43.9 Å². The van der Waals surface area contributed by atoms with Crippen molar-refractivity contribution in [1.82, 2.24) is 39.9 Å². The summed E-state index contributed by atoms with van der Waals surface area (Å²) in [5, 5.41) is 0.778. The molecule has 19 heteroatoms. The molecule has 0 saturated carbocycles. The molecule has 0 saturated heterocycles. The highest BCUT2D eigenvalue weighted by Crippen LogP contribution is 2.33. The van der Waals surface area contributed by atoms with Crippen LogP contribution >= 0.6 is 11.6 Å². The molecule has 0 amide bonds. The van der Waals surface area contributed by atoms with E-state index in [1.807, 2.05) is 127 Å². The van der Waals surface area contributed by atoms with Crippen molar-refractivity contribution in [3.8, 4) is 0 Å². The molecule has 0 aliphatic heterocycles. The van der Waals surface area contributed by atoms with Crippen LogP contribution in [0.15, 0.2) is 129 Å². The minimum absolute atomic E-state index is 0.00407. The number of aromatic nitrogens is 8. The van der Waals surface area contributed by atoms with Gasteiger partial charge >= 0.3 is 6.18 Å². The van der Waals surface area contributed by atoms with Gasteiger partial charge in [-0.25, -0.2) is 30.7 Å². The van der Waals surface area contributed by atoms with Gasteiger partial charge in [0.2, 0.25) is 0 Å². The summed E-state index contributed by atoms with van der Waals surface area (Å²) in [6, 6.07) is 18.2. The standard InChI is InChI=1S/C11H14FN.2C11H17N.C10H11F4N.C10H12F2.C9H12ClN.C9H12FN.C9H13N.C8H9F2N/c1-7(2)9-5-10(12)11(8(3)4)13-6-9;1-8-6-9(2)12-7-10(8)11(3,4)5;1-8-6-9(2)10(12-7-8)11(3,4)5;1-9(2,3)8-7(11)4-6(5-15-8)10(12,13)14;1-10(2,3)8-6-7(11)4-5-9(8)12;2*1-6(2)9-8(10)4-7(3)5-11-9;1-7(2)9-8(3)5-4-6-10-9;1-5(2)8-7(10)3-6(9)4-11-8/h5-6,8H,1H2,2-4H3;2*6-7H,1-5H3;4-5H,1-3H3;4-6H,1-3H3;2*4-6H,1-3H3;4-7H,1-3H3;3-5H,1-2H3. The van der Waals surface area contributed by atoms with Gasteiger partial charge < -0.3 is 0 Å². The summed E-state index contributed by atoms with van der Waals surface area (Å²) in [6.07, 6.45) is 8.12. The van der Waals surface area contributed by atoms with Gasteiger partial charge in [-0.15, -0.1) is 0 Å². The van der Waals surface area contributed by atoms with Crippen LogP contribution in [0.2, 0.25) is 5.02 Å². The topological polar surface area (TPSA) is 103 Å². The van der Waals surface area contributed by atoms with Crippen molar-refractivity contribution in [3.05, 3.63) is 276 Å². The highest BCUT2D eigenvalue weighted by Gasteiger charge is 2.33. The molecular formula is C88H117ClF10N8. The smallest absolute Gasteiger partial charge is 0.261 e. The van der Waals surface area contributed by atoms with E-state index < -0.39 is 34.6 Å². The van der Waals surface area contributed by atoms with Crippen molar-refractivity contribution in [3.63, 3.8) is 0 Å². The van der Waals surface area contributed by atoms with E-state index in [0.29, 0.717) is 46.7 Å². The zero-order valence-electron chi connectivity index (χ0n) is 68.9. The molecule has 8 heterocycles. The molecule has 0 atom stereocenters. The van der Waals surface area contributed by atoms with Crippen LogP contribution in [0.5, 0.6) is 0 Å². The van der Waals surface area contributed by atoms with Crippen molar-refractivity contribution in [2.24, 2.45) is 0 Å². The lowest BCUT2D eigenvalue weighted by Gasteiger charge is -2.21. The van der Waals surface area contributed by atoms with Crippen LogP contribution < -0.4 is 0 Å². The molecule has 1 aromatic carbocycles. The molecule has 0 fully saturated rings. The number of hydrogen-bond donors (Lipinski definition) is 0. The van der Waals surface area contributed by atoms with E-state index in [4.69, 9.17) is 11.6 Å². The molecule has 8 nitrogen and oxygen atoms in total. The SMILES string of the molecule is C=C(C)c1cnc(C(C)C)c(F)c1.CC(C)(C)c1cc(F)ccc1F.CC(C)(C)c1ncc(C(F)(F)F)cc1F.CC(C)c1ncc(F)cc1F.Cc1cc(C)c(C(C)(C)C)cn1.Cc1cccnc1C(C)C.Cc1cnc(C(C)(C)C)c(C)c1.Cc1cnc(C(C)C)c(Cl)c1.Cc1cnc(C(C)C)c(F)c1. The number of benzene rings is 1.